The van der Waals surface area contributed by atoms with Gasteiger partial charge in [0, 0.05) is 10.4 Å². The molecule has 2 heterocycles. The van der Waals surface area contributed by atoms with Crippen molar-refractivity contribution >= 4 is 23.2 Å². The standard InChI is InChI=1S/C20H19NO6S/c1-24-15-8-7-13(11-17(15)25-2)18(27-20(23)16-6-3-9-26-16)19(22)21-12-14-5-4-10-28-14/h3-11,18H,12H2,1-2H3,(H,21,22)/t18-/m1/s1. The van der Waals surface area contributed by atoms with Crippen LogP contribution in [0, 0.1) is 0 Å². The van der Waals surface area contributed by atoms with Gasteiger partial charge in [0.25, 0.3) is 5.91 Å². The van der Waals surface area contributed by atoms with E-state index in [1.165, 1.54) is 37.9 Å². The van der Waals surface area contributed by atoms with Gasteiger partial charge in [-0.05, 0) is 35.7 Å². The van der Waals surface area contributed by atoms with Gasteiger partial charge < -0.3 is 23.9 Å². The number of esters is 1. The molecule has 2 aromatic heterocycles. The molecule has 0 fully saturated rings. The summed E-state index contributed by atoms with van der Waals surface area (Å²) in [5.41, 5.74) is 0.446. The fourth-order valence-electron chi connectivity index (χ4n) is 2.53. The third kappa shape index (κ3) is 4.52. The number of benzene rings is 1. The molecular weight excluding hydrogens is 382 g/mol. The van der Waals surface area contributed by atoms with E-state index in [2.05, 4.69) is 5.32 Å². The minimum Gasteiger partial charge on any atom is -0.493 e. The monoisotopic (exact) mass is 401 g/mol. The molecule has 0 radical (unpaired) electrons. The first-order valence-corrected chi connectivity index (χ1v) is 9.27. The number of furan rings is 1. The van der Waals surface area contributed by atoms with Gasteiger partial charge in [0.15, 0.2) is 11.5 Å². The summed E-state index contributed by atoms with van der Waals surface area (Å²) in [6.45, 7) is 0.332. The maximum Gasteiger partial charge on any atom is 0.375 e. The molecule has 0 aliphatic rings. The Morgan fingerprint density at radius 2 is 1.93 bits per heavy atom. The van der Waals surface area contributed by atoms with Crippen LogP contribution < -0.4 is 14.8 Å². The quantitative estimate of drug-likeness (QED) is 0.581. The largest absolute Gasteiger partial charge is 0.493 e. The number of hydrogen-bond donors (Lipinski definition) is 1. The van der Waals surface area contributed by atoms with Crippen LogP contribution in [0.1, 0.15) is 27.1 Å². The van der Waals surface area contributed by atoms with Gasteiger partial charge in [-0.2, -0.15) is 0 Å². The molecule has 0 saturated carbocycles. The predicted molar refractivity (Wildman–Crippen MR) is 103 cm³/mol. The molecular formula is C20H19NO6S. The molecule has 1 atom stereocenters. The zero-order valence-electron chi connectivity index (χ0n) is 15.3. The van der Waals surface area contributed by atoms with Gasteiger partial charge in [-0.25, -0.2) is 4.79 Å². The van der Waals surface area contributed by atoms with Gasteiger partial charge in [0.05, 0.1) is 27.0 Å². The number of ether oxygens (including phenoxy) is 3. The van der Waals surface area contributed by atoms with Crippen molar-refractivity contribution in [3.63, 3.8) is 0 Å². The Balaban J connectivity index is 1.84. The molecule has 146 valence electrons. The van der Waals surface area contributed by atoms with E-state index in [0.29, 0.717) is 23.6 Å². The van der Waals surface area contributed by atoms with Crippen LogP contribution in [-0.4, -0.2) is 26.1 Å². The summed E-state index contributed by atoms with van der Waals surface area (Å²) in [5, 5.41) is 4.71. The molecule has 1 N–H and O–H groups in total. The maximum absolute atomic E-state index is 12.8. The Labute approximate surface area is 165 Å². The zero-order valence-corrected chi connectivity index (χ0v) is 16.2. The van der Waals surface area contributed by atoms with Crippen LogP contribution >= 0.6 is 11.3 Å². The summed E-state index contributed by atoms with van der Waals surface area (Å²) in [6, 6.07) is 11.7. The van der Waals surface area contributed by atoms with Crippen molar-refractivity contribution in [2.75, 3.05) is 14.2 Å². The Hall–Kier alpha value is -3.26. The fraction of sp³-hybridized carbons (Fsp3) is 0.200. The molecule has 0 saturated heterocycles. The number of amides is 1. The lowest BCUT2D eigenvalue weighted by atomic mass is 10.1. The van der Waals surface area contributed by atoms with Gasteiger partial charge in [0.2, 0.25) is 11.9 Å². The highest BCUT2D eigenvalue weighted by Crippen LogP contribution is 2.31. The van der Waals surface area contributed by atoms with E-state index in [4.69, 9.17) is 18.6 Å². The Kier molecular flexibility index (Phi) is 6.33. The summed E-state index contributed by atoms with van der Waals surface area (Å²) >= 11 is 1.52. The van der Waals surface area contributed by atoms with E-state index in [9.17, 15) is 9.59 Å². The first-order chi connectivity index (χ1) is 13.6. The molecule has 0 bridgehead atoms. The van der Waals surface area contributed by atoms with Crippen molar-refractivity contribution in [1.29, 1.82) is 0 Å². The SMILES string of the molecule is COc1ccc([C@@H](OC(=O)c2ccco2)C(=O)NCc2cccs2)cc1OC. The molecule has 0 aliphatic carbocycles. The maximum atomic E-state index is 12.8. The molecule has 8 heteroatoms. The zero-order chi connectivity index (χ0) is 19.9. The number of hydrogen-bond acceptors (Lipinski definition) is 7. The Bertz CT molecular complexity index is 920. The second-order valence-electron chi connectivity index (χ2n) is 5.67. The van der Waals surface area contributed by atoms with Crippen LogP contribution in [0.5, 0.6) is 11.5 Å². The molecule has 1 aromatic carbocycles. The fourth-order valence-corrected chi connectivity index (χ4v) is 3.17. The van der Waals surface area contributed by atoms with Crippen LogP contribution in [0.25, 0.3) is 0 Å². The number of rotatable bonds is 8. The average Bonchev–Trinajstić information content (AvgIpc) is 3.43. The van der Waals surface area contributed by atoms with Crippen molar-refractivity contribution in [3.05, 3.63) is 70.3 Å². The van der Waals surface area contributed by atoms with Crippen LogP contribution in [0.4, 0.5) is 0 Å². The second-order valence-corrected chi connectivity index (χ2v) is 6.71. The van der Waals surface area contributed by atoms with Gasteiger partial charge >= 0.3 is 5.97 Å². The summed E-state index contributed by atoms with van der Waals surface area (Å²) < 4.78 is 21.0. The predicted octanol–water partition coefficient (Wildman–Crippen LogP) is 3.57. The van der Waals surface area contributed by atoms with E-state index in [-0.39, 0.29) is 5.76 Å². The van der Waals surface area contributed by atoms with Gasteiger partial charge in [-0.3, -0.25) is 4.79 Å². The smallest absolute Gasteiger partial charge is 0.375 e. The number of carbonyl (C=O) groups is 2. The Morgan fingerprint density at radius 3 is 2.57 bits per heavy atom. The van der Waals surface area contributed by atoms with Gasteiger partial charge in [0.1, 0.15) is 0 Å². The summed E-state index contributed by atoms with van der Waals surface area (Å²) in [7, 11) is 3.00. The number of carbonyl (C=O) groups excluding carboxylic acids is 2. The van der Waals surface area contributed by atoms with Crippen molar-refractivity contribution in [2.24, 2.45) is 0 Å². The van der Waals surface area contributed by atoms with Crippen LogP contribution in [0.3, 0.4) is 0 Å². The second kappa shape index (κ2) is 9.09. The minimum atomic E-state index is -1.18. The lowest BCUT2D eigenvalue weighted by Crippen LogP contribution is -2.31. The van der Waals surface area contributed by atoms with Crippen molar-refractivity contribution < 1.29 is 28.2 Å². The average molecular weight is 401 g/mol. The normalized spacial score (nSPS) is 11.5. The van der Waals surface area contributed by atoms with Gasteiger partial charge in [-0.1, -0.05) is 12.1 Å². The lowest BCUT2D eigenvalue weighted by Gasteiger charge is -2.19. The van der Waals surface area contributed by atoms with E-state index in [0.717, 1.165) is 4.88 Å². The van der Waals surface area contributed by atoms with Crippen molar-refractivity contribution in [3.8, 4) is 11.5 Å². The summed E-state index contributed by atoms with van der Waals surface area (Å²) in [4.78, 5) is 26.1. The summed E-state index contributed by atoms with van der Waals surface area (Å²) in [6.07, 6.45) is 0.177. The first kappa shape index (κ1) is 19.5. The van der Waals surface area contributed by atoms with E-state index >= 15 is 0 Å². The molecule has 0 aliphatic heterocycles. The topological polar surface area (TPSA) is 87.0 Å². The molecule has 1 amide bonds. The number of nitrogens with one attached hydrogen (secondary N) is 1. The van der Waals surface area contributed by atoms with Crippen LogP contribution in [0.2, 0.25) is 0 Å². The summed E-state index contributed by atoms with van der Waals surface area (Å²) in [5.74, 6) is -0.264. The number of thiophene rings is 1. The van der Waals surface area contributed by atoms with Crippen molar-refractivity contribution in [2.45, 2.75) is 12.6 Å². The molecule has 0 spiro atoms. The van der Waals surface area contributed by atoms with E-state index in [1.807, 2.05) is 17.5 Å². The molecule has 7 nitrogen and oxygen atoms in total. The van der Waals surface area contributed by atoms with Crippen molar-refractivity contribution in [1.82, 2.24) is 5.32 Å². The molecule has 28 heavy (non-hydrogen) atoms. The highest BCUT2D eigenvalue weighted by molar-refractivity contribution is 7.09. The van der Waals surface area contributed by atoms with E-state index < -0.39 is 18.0 Å². The lowest BCUT2D eigenvalue weighted by molar-refractivity contribution is -0.130. The molecule has 3 aromatic rings. The van der Waals surface area contributed by atoms with Gasteiger partial charge in [-0.15, -0.1) is 11.3 Å². The van der Waals surface area contributed by atoms with Crippen LogP contribution in [0.15, 0.2) is 58.5 Å². The highest BCUT2D eigenvalue weighted by Gasteiger charge is 2.27. The molecule has 0 unspecified atom stereocenters. The molecule has 3 rings (SSSR count). The van der Waals surface area contributed by atoms with Crippen LogP contribution in [-0.2, 0) is 16.1 Å². The number of methoxy groups -OCH3 is 2. The third-order valence-electron chi connectivity index (χ3n) is 3.91. The van der Waals surface area contributed by atoms with E-state index in [1.54, 1.807) is 24.3 Å². The first-order valence-electron chi connectivity index (χ1n) is 8.39. The minimum absolute atomic E-state index is 0.0107. The third-order valence-corrected chi connectivity index (χ3v) is 4.79. The highest BCUT2D eigenvalue weighted by atomic mass is 32.1. The Morgan fingerprint density at radius 1 is 1.11 bits per heavy atom.